The van der Waals surface area contributed by atoms with E-state index in [0.717, 1.165) is 44.9 Å². The van der Waals surface area contributed by atoms with Crippen molar-refractivity contribution < 1.29 is 4.74 Å². The Morgan fingerprint density at radius 3 is 2.90 bits per heavy atom. The summed E-state index contributed by atoms with van der Waals surface area (Å²) in [6.07, 6.45) is 5.39. The number of nitrogens with zero attached hydrogens (tertiary/aromatic N) is 3. The molecule has 0 N–H and O–H groups in total. The fourth-order valence-electron chi connectivity index (χ4n) is 3.41. The van der Waals surface area contributed by atoms with Crippen molar-refractivity contribution in [3.8, 4) is 0 Å². The Kier molecular flexibility index (Phi) is 3.94. The number of aromatic nitrogens is 1. The topological polar surface area (TPSA) is 28.6 Å². The molecule has 2 aliphatic heterocycles. The van der Waals surface area contributed by atoms with Crippen LogP contribution in [0.2, 0.25) is 0 Å². The van der Waals surface area contributed by atoms with Crippen molar-refractivity contribution in [3.63, 3.8) is 0 Å². The molecular formula is C16H25N3O. The van der Waals surface area contributed by atoms with E-state index in [-0.39, 0.29) is 5.60 Å². The molecule has 0 bridgehead atoms. The fourth-order valence-corrected chi connectivity index (χ4v) is 3.41. The molecule has 0 amide bonds. The number of likely N-dealkylation sites (N-methyl/N-ethyl adjacent to an activating group) is 1. The first-order valence-corrected chi connectivity index (χ1v) is 7.73. The zero-order chi connectivity index (χ0) is 14.0. The summed E-state index contributed by atoms with van der Waals surface area (Å²) < 4.78 is 6.17. The highest BCUT2D eigenvalue weighted by Gasteiger charge is 2.39. The highest BCUT2D eigenvalue weighted by atomic mass is 16.5. The number of rotatable bonds is 2. The van der Waals surface area contributed by atoms with E-state index in [0.29, 0.717) is 0 Å². The molecular weight excluding hydrogens is 250 g/mol. The predicted molar refractivity (Wildman–Crippen MR) is 81.2 cm³/mol. The maximum absolute atomic E-state index is 6.17. The minimum Gasteiger partial charge on any atom is -0.370 e. The molecule has 0 aromatic carbocycles. The van der Waals surface area contributed by atoms with E-state index in [2.05, 4.69) is 40.9 Å². The molecule has 0 radical (unpaired) electrons. The maximum Gasteiger partial charge on any atom is 0.0983 e. The normalized spacial score (nSPS) is 28.0. The lowest BCUT2D eigenvalue weighted by Gasteiger charge is -2.47. The molecule has 0 aliphatic carbocycles. The van der Waals surface area contributed by atoms with Crippen LogP contribution in [-0.2, 0) is 11.2 Å². The second kappa shape index (κ2) is 5.70. The average Bonchev–Trinajstić information content (AvgIpc) is 2.47. The van der Waals surface area contributed by atoms with Gasteiger partial charge in [-0.15, -0.1) is 0 Å². The molecule has 3 heterocycles. The summed E-state index contributed by atoms with van der Waals surface area (Å²) >= 11 is 0. The summed E-state index contributed by atoms with van der Waals surface area (Å²) in [4.78, 5) is 9.36. The van der Waals surface area contributed by atoms with Crippen molar-refractivity contribution in [3.05, 3.63) is 24.0 Å². The van der Waals surface area contributed by atoms with Gasteiger partial charge in [0.25, 0.3) is 0 Å². The van der Waals surface area contributed by atoms with Gasteiger partial charge in [0.15, 0.2) is 0 Å². The van der Waals surface area contributed by atoms with E-state index in [4.69, 9.17) is 4.74 Å². The first-order chi connectivity index (χ1) is 9.71. The van der Waals surface area contributed by atoms with E-state index >= 15 is 0 Å². The van der Waals surface area contributed by atoms with Gasteiger partial charge in [0.1, 0.15) is 0 Å². The first-order valence-electron chi connectivity index (χ1n) is 7.73. The van der Waals surface area contributed by atoms with Crippen molar-refractivity contribution in [2.45, 2.75) is 31.8 Å². The minimum absolute atomic E-state index is 0.0225. The summed E-state index contributed by atoms with van der Waals surface area (Å²) in [6, 6.07) is 4.35. The summed E-state index contributed by atoms with van der Waals surface area (Å²) in [5, 5.41) is 0. The Morgan fingerprint density at radius 2 is 2.20 bits per heavy atom. The summed E-state index contributed by atoms with van der Waals surface area (Å²) in [6.45, 7) is 7.20. The molecule has 4 heteroatoms. The van der Waals surface area contributed by atoms with Crippen molar-refractivity contribution in [2.24, 2.45) is 0 Å². The van der Waals surface area contributed by atoms with Gasteiger partial charge < -0.3 is 14.5 Å². The summed E-state index contributed by atoms with van der Waals surface area (Å²) in [5.41, 5.74) is 2.42. The van der Waals surface area contributed by atoms with Gasteiger partial charge in [-0.05, 0) is 38.4 Å². The molecule has 2 fully saturated rings. The Balaban J connectivity index is 1.73. The molecule has 4 nitrogen and oxygen atoms in total. The minimum atomic E-state index is 0.0225. The monoisotopic (exact) mass is 275 g/mol. The van der Waals surface area contributed by atoms with Crippen molar-refractivity contribution >= 4 is 5.69 Å². The van der Waals surface area contributed by atoms with Crippen LogP contribution in [0.3, 0.4) is 0 Å². The number of piperidine rings is 1. The lowest BCUT2D eigenvalue weighted by atomic mass is 9.90. The second-order valence-electron chi connectivity index (χ2n) is 6.16. The lowest BCUT2D eigenvalue weighted by Crippen LogP contribution is -2.59. The lowest BCUT2D eigenvalue weighted by molar-refractivity contribution is -0.108. The van der Waals surface area contributed by atoms with Gasteiger partial charge in [-0.25, -0.2) is 0 Å². The van der Waals surface area contributed by atoms with Crippen LogP contribution in [0, 0.1) is 0 Å². The van der Waals surface area contributed by atoms with Crippen LogP contribution >= 0.6 is 0 Å². The van der Waals surface area contributed by atoms with E-state index in [9.17, 15) is 0 Å². The zero-order valence-electron chi connectivity index (χ0n) is 12.6. The molecule has 0 saturated carbocycles. The smallest absolute Gasteiger partial charge is 0.0983 e. The standard InChI is InChI=1S/C16H25N3O/c1-3-14-5-6-15(11-17-14)19-8-4-7-16(13-19)12-18(2)9-10-20-16/h5-6,11H,3-4,7-10,12-13H2,1-2H3/t16-/m1/s1. The molecule has 110 valence electrons. The van der Waals surface area contributed by atoms with E-state index in [1.165, 1.54) is 18.5 Å². The third-order valence-corrected chi connectivity index (χ3v) is 4.52. The number of aryl methyl sites for hydroxylation is 1. The molecule has 1 aromatic rings. The van der Waals surface area contributed by atoms with Gasteiger partial charge in [-0.2, -0.15) is 0 Å². The molecule has 1 atom stereocenters. The van der Waals surface area contributed by atoms with Crippen LogP contribution in [0.25, 0.3) is 0 Å². The summed E-state index contributed by atoms with van der Waals surface area (Å²) in [5.74, 6) is 0. The van der Waals surface area contributed by atoms with Crippen LogP contribution < -0.4 is 4.90 Å². The first kappa shape index (κ1) is 13.8. The van der Waals surface area contributed by atoms with Crippen molar-refractivity contribution in [1.29, 1.82) is 0 Å². The molecule has 2 aliphatic rings. The molecule has 1 aromatic heterocycles. The van der Waals surface area contributed by atoms with E-state index in [1.54, 1.807) is 0 Å². The number of hydrogen-bond donors (Lipinski definition) is 0. The second-order valence-corrected chi connectivity index (χ2v) is 6.16. The SMILES string of the molecule is CCc1ccc(N2CCC[C@@]3(CN(C)CCO3)C2)cn1. The van der Waals surface area contributed by atoms with Gasteiger partial charge in [-0.3, -0.25) is 4.98 Å². The zero-order valence-corrected chi connectivity index (χ0v) is 12.6. The Morgan fingerprint density at radius 1 is 1.30 bits per heavy atom. The molecule has 3 rings (SSSR count). The van der Waals surface area contributed by atoms with Crippen LogP contribution in [0.15, 0.2) is 18.3 Å². The number of pyridine rings is 1. The Hall–Kier alpha value is -1.13. The number of hydrogen-bond acceptors (Lipinski definition) is 4. The van der Waals surface area contributed by atoms with Crippen LogP contribution in [0.1, 0.15) is 25.5 Å². The largest absolute Gasteiger partial charge is 0.370 e. The molecule has 2 saturated heterocycles. The number of morpholine rings is 1. The third kappa shape index (κ3) is 2.81. The number of ether oxygens (including phenoxy) is 1. The van der Waals surface area contributed by atoms with Crippen LogP contribution in [-0.4, -0.2) is 55.3 Å². The van der Waals surface area contributed by atoms with Crippen molar-refractivity contribution in [1.82, 2.24) is 9.88 Å². The average molecular weight is 275 g/mol. The van der Waals surface area contributed by atoms with E-state index in [1.807, 2.05) is 6.20 Å². The van der Waals surface area contributed by atoms with Crippen LogP contribution in [0.5, 0.6) is 0 Å². The predicted octanol–water partition coefficient (Wildman–Crippen LogP) is 1.94. The van der Waals surface area contributed by atoms with Crippen molar-refractivity contribution in [2.75, 3.05) is 44.7 Å². The molecule has 20 heavy (non-hydrogen) atoms. The van der Waals surface area contributed by atoms with E-state index < -0.39 is 0 Å². The molecule has 0 unspecified atom stereocenters. The van der Waals surface area contributed by atoms with Gasteiger partial charge in [0.2, 0.25) is 0 Å². The molecule has 1 spiro atoms. The summed E-state index contributed by atoms with van der Waals surface area (Å²) in [7, 11) is 2.20. The van der Waals surface area contributed by atoms with Gasteiger partial charge in [0.05, 0.1) is 24.1 Å². The highest BCUT2D eigenvalue weighted by molar-refractivity contribution is 5.45. The quantitative estimate of drug-likeness (QED) is 0.825. The van der Waals surface area contributed by atoms with Gasteiger partial charge in [0, 0.05) is 31.9 Å². The Bertz CT molecular complexity index is 444. The highest BCUT2D eigenvalue weighted by Crippen LogP contribution is 2.31. The number of anilines is 1. The fraction of sp³-hybridized carbons (Fsp3) is 0.688. The van der Waals surface area contributed by atoms with Gasteiger partial charge >= 0.3 is 0 Å². The maximum atomic E-state index is 6.17. The Labute approximate surface area is 121 Å². The van der Waals surface area contributed by atoms with Gasteiger partial charge in [-0.1, -0.05) is 6.92 Å². The third-order valence-electron chi connectivity index (χ3n) is 4.52. The van der Waals surface area contributed by atoms with Crippen LogP contribution in [0.4, 0.5) is 5.69 Å².